The summed E-state index contributed by atoms with van der Waals surface area (Å²) >= 11 is 0. The number of unbranched alkanes of at least 4 members (excludes halogenated alkanes) is 5. The summed E-state index contributed by atoms with van der Waals surface area (Å²) in [6.45, 7) is 9.63. The van der Waals surface area contributed by atoms with Gasteiger partial charge in [0.15, 0.2) is 0 Å². The lowest BCUT2D eigenvalue weighted by atomic mass is 10.1. The molecular formula is C16H31N3. The van der Waals surface area contributed by atoms with Crippen molar-refractivity contribution in [3.05, 3.63) is 17.5 Å². The van der Waals surface area contributed by atoms with Gasteiger partial charge in [0.2, 0.25) is 0 Å². The molecule has 110 valence electrons. The third kappa shape index (κ3) is 6.24. The molecule has 1 N–H and O–H groups in total. The monoisotopic (exact) mass is 265 g/mol. The SMILES string of the molecule is CCCCCCCCNCc1cc(CC)nn1CC. The lowest BCUT2D eigenvalue weighted by Gasteiger charge is -2.06. The maximum absolute atomic E-state index is 4.57. The number of rotatable bonds is 11. The summed E-state index contributed by atoms with van der Waals surface area (Å²) < 4.78 is 2.12. The van der Waals surface area contributed by atoms with E-state index in [0.29, 0.717) is 0 Å². The second kappa shape index (κ2) is 10.0. The molecule has 0 aliphatic carbocycles. The van der Waals surface area contributed by atoms with E-state index in [0.717, 1.165) is 26.1 Å². The molecule has 3 heteroatoms. The molecular weight excluding hydrogens is 234 g/mol. The fraction of sp³-hybridized carbons (Fsp3) is 0.812. The van der Waals surface area contributed by atoms with Crippen molar-refractivity contribution in [3.8, 4) is 0 Å². The first-order valence-electron chi connectivity index (χ1n) is 8.08. The van der Waals surface area contributed by atoms with E-state index in [1.54, 1.807) is 0 Å². The zero-order chi connectivity index (χ0) is 13.9. The van der Waals surface area contributed by atoms with Gasteiger partial charge in [0.1, 0.15) is 0 Å². The lowest BCUT2D eigenvalue weighted by molar-refractivity contribution is 0.546. The highest BCUT2D eigenvalue weighted by Crippen LogP contribution is 2.06. The van der Waals surface area contributed by atoms with Crippen molar-refractivity contribution in [2.75, 3.05) is 6.54 Å². The Morgan fingerprint density at radius 2 is 1.79 bits per heavy atom. The Bertz CT molecular complexity index is 331. The highest BCUT2D eigenvalue weighted by atomic mass is 15.3. The fourth-order valence-electron chi connectivity index (χ4n) is 2.35. The van der Waals surface area contributed by atoms with Crippen LogP contribution in [0.2, 0.25) is 0 Å². The Kier molecular flexibility index (Phi) is 8.55. The minimum Gasteiger partial charge on any atom is -0.311 e. The molecule has 0 spiro atoms. The van der Waals surface area contributed by atoms with Gasteiger partial charge >= 0.3 is 0 Å². The molecule has 0 amide bonds. The van der Waals surface area contributed by atoms with Gasteiger partial charge in [-0.15, -0.1) is 0 Å². The summed E-state index contributed by atoms with van der Waals surface area (Å²) in [6.07, 6.45) is 9.20. The van der Waals surface area contributed by atoms with Crippen molar-refractivity contribution in [2.45, 2.75) is 78.8 Å². The van der Waals surface area contributed by atoms with Gasteiger partial charge in [-0.05, 0) is 32.4 Å². The zero-order valence-corrected chi connectivity index (χ0v) is 13.0. The molecule has 0 aliphatic heterocycles. The number of hydrogen-bond donors (Lipinski definition) is 1. The van der Waals surface area contributed by atoms with Crippen molar-refractivity contribution in [1.29, 1.82) is 0 Å². The smallest absolute Gasteiger partial charge is 0.0625 e. The highest BCUT2D eigenvalue weighted by molar-refractivity contribution is 5.10. The van der Waals surface area contributed by atoms with Crippen molar-refractivity contribution in [1.82, 2.24) is 15.1 Å². The van der Waals surface area contributed by atoms with Crippen LogP contribution in [0.5, 0.6) is 0 Å². The Hall–Kier alpha value is -0.830. The van der Waals surface area contributed by atoms with Crippen LogP contribution in [0.15, 0.2) is 6.07 Å². The number of hydrogen-bond acceptors (Lipinski definition) is 2. The molecule has 1 aromatic rings. The Balaban J connectivity index is 2.13. The normalized spacial score (nSPS) is 11.1. The summed E-state index contributed by atoms with van der Waals surface area (Å²) in [4.78, 5) is 0. The first kappa shape index (κ1) is 16.2. The molecule has 0 aromatic carbocycles. The van der Waals surface area contributed by atoms with E-state index in [2.05, 4.69) is 41.9 Å². The van der Waals surface area contributed by atoms with Gasteiger partial charge in [0.25, 0.3) is 0 Å². The lowest BCUT2D eigenvalue weighted by Crippen LogP contribution is -2.17. The van der Waals surface area contributed by atoms with Gasteiger partial charge in [-0.3, -0.25) is 4.68 Å². The predicted molar refractivity (Wildman–Crippen MR) is 82.4 cm³/mol. The first-order valence-corrected chi connectivity index (χ1v) is 8.08. The quantitative estimate of drug-likeness (QED) is 0.615. The molecule has 3 nitrogen and oxygen atoms in total. The minimum absolute atomic E-state index is 0.954. The Morgan fingerprint density at radius 1 is 1.05 bits per heavy atom. The molecule has 0 unspecified atom stereocenters. The topological polar surface area (TPSA) is 29.9 Å². The first-order chi connectivity index (χ1) is 9.31. The van der Waals surface area contributed by atoms with E-state index >= 15 is 0 Å². The van der Waals surface area contributed by atoms with E-state index in [9.17, 15) is 0 Å². The second-order valence-corrected chi connectivity index (χ2v) is 5.24. The Labute approximate surface area is 118 Å². The van der Waals surface area contributed by atoms with Gasteiger partial charge in [0.05, 0.1) is 11.4 Å². The number of aromatic nitrogens is 2. The zero-order valence-electron chi connectivity index (χ0n) is 13.0. The summed E-state index contributed by atoms with van der Waals surface area (Å²) in [5.41, 5.74) is 2.53. The average Bonchev–Trinajstić information content (AvgIpc) is 2.84. The van der Waals surface area contributed by atoms with E-state index in [4.69, 9.17) is 0 Å². The van der Waals surface area contributed by atoms with Crippen LogP contribution in [0, 0.1) is 0 Å². The van der Waals surface area contributed by atoms with Crippen LogP contribution < -0.4 is 5.32 Å². The van der Waals surface area contributed by atoms with Crippen LogP contribution in [0.25, 0.3) is 0 Å². The van der Waals surface area contributed by atoms with Crippen LogP contribution in [0.1, 0.15) is 70.7 Å². The third-order valence-electron chi connectivity index (χ3n) is 3.59. The van der Waals surface area contributed by atoms with E-state index in [1.807, 2.05) is 0 Å². The summed E-state index contributed by atoms with van der Waals surface area (Å²) in [7, 11) is 0. The molecule has 0 fully saturated rings. The summed E-state index contributed by atoms with van der Waals surface area (Å²) in [6, 6.07) is 2.23. The number of aryl methyl sites for hydroxylation is 2. The third-order valence-corrected chi connectivity index (χ3v) is 3.59. The van der Waals surface area contributed by atoms with Crippen molar-refractivity contribution in [2.24, 2.45) is 0 Å². The molecule has 1 rings (SSSR count). The summed E-state index contributed by atoms with van der Waals surface area (Å²) in [5.74, 6) is 0. The fourth-order valence-corrected chi connectivity index (χ4v) is 2.35. The molecule has 1 heterocycles. The van der Waals surface area contributed by atoms with E-state index in [-0.39, 0.29) is 0 Å². The minimum atomic E-state index is 0.954. The van der Waals surface area contributed by atoms with E-state index in [1.165, 1.54) is 49.9 Å². The van der Waals surface area contributed by atoms with Gasteiger partial charge in [-0.2, -0.15) is 5.10 Å². The van der Waals surface area contributed by atoms with Crippen molar-refractivity contribution < 1.29 is 0 Å². The largest absolute Gasteiger partial charge is 0.311 e. The molecule has 1 aromatic heterocycles. The van der Waals surface area contributed by atoms with Crippen LogP contribution in [0.3, 0.4) is 0 Å². The molecule has 0 bridgehead atoms. The number of nitrogens with one attached hydrogen (secondary N) is 1. The molecule has 0 saturated carbocycles. The van der Waals surface area contributed by atoms with Crippen molar-refractivity contribution >= 4 is 0 Å². The molecule has 0 radical (unpaired) electrons. The molecule has 0 saturated heterocycles. The second-order valence-electron chi connectivity index (χ2n) is 5.24. The van der Waals surface area contributed by atoms with Gasteiger partial charge in [-0.25, -0.2) is 0 Å². The molecule has 0 atom stereocenters. The van der Waals surface area contributed by atoms with Gasteiger partial charge < -0.3 is 5.32 Å². The maximum atomic E-state index is 4.57. The van der Waals surface area contributed by atoms with Crippen LogP contribution in [0.4, 0.5) is 0 Å². The molecule has 19 heavy (non-hydrogen) atoms. The average molecular weight is 265 g/mol. The standard InChI is InChI=1S/C16H31N3/c1-4-7-8-9-10-11-12-17-14-16-13-15(5-2)18-19(16)6-3/h13,17H,4-12,14H2,1-3H3. The van der Waals surface area contributed by atoms with Crippen LogP contribution in [-0.2, 0) is 19.5 Å². The van der Waals surface area contributed by atoms with Gasteiger partial charge in [0, 0.05) is 13.1 Å². The van der Waals surface area contributed by atoms with Gasteiger partial charge in [-0.1, -0.05) is 46.0 Å². The van der Waals surface area contributed by atoms with E-state index < -0.39 is 0 Å². The molecule has 0 aliphatic rings. The number of nitrogens with zero attached hydrogens (tertiary/aromatic N) is 2. The highest BCUT2D eigenvalue weighted by Gasteiger charge is 2.04. The van der Waals surface area contributed by atoms with Crippen molar-refractivity contribution in [3.63, 3.8) is 0 Å². The van der Waals surface area contributed by atoms with Crippen LogP contribution >= 0.6 is 0 Å². The Morgan fingerprint density at radius 3 is 2.47 bits per heavy atom. The predicted octanol–water partition coefficient (Wildman–Crippen LogP) is 3.92. The maximum Gasteiger partial charge on any atom is 0.0625 e. The van der Waals surface area contributed by atoms with Crippen LogP contribution in [-0.4, -0.2) is 16.3 Å². The summed E-state index contributed by atoms with van der Waals surface area (Å²) in [5, 5.41) is 8.12.